The summed E-state index contributed by atoms with van der Waals surface area (Å²) in [4.78, 5) is 22.3. The van der Waals surface area contributed by atoms with Gasteiger partial charge in [-0.2, -0.15) is 9.98 Å². The maximum atomic E-state index is 13.9. The molecular formula is C19H25FN3O5PS2. The number of sulfonamides is 1. The number of halogens is 1. The lowest BCUT2D eigenvalue weighted by atomic mass is 10.1. The van der Waals surface area contributed by atoms with Crippen molar-refractivity contribution in [3.63, 3.8) is 0 Å². The molecule has 2 N–H and O–H groups in total. The number of nitrogens with zero attached hydrogens (tertiary/aromatic N) is 2. The van der Waals surface area contributed by atoms with Gasteiger partial charge in [-0.05, 0) is 50.6 Å². The Morgan fingerprint density at radius 3 is 2.35 bits per heavy atom. The van der Waals surface area contributed by atoms with Gasteiger partial charge in [0.1, 0.15) is 28.4 Å². The highest BCUT2D eigenvalue weighted by Crippen LogP contribution is 2.47. The average Bonchev–Trinajstić information content (AvgIpc) is 3.19. The van der Waals surface area contributed by atoms with E-state index in [-0.39, 0.29) is 15.3 Å². The molecule has 0 fully saturated rings. The van der Waals surface area contributed by atoms with E-state index in [0.29, 0.717) is 12.6 Å². The summed E-state index contributed by atoms with van der Waals surface area (Å²) < 4.78 is 54.1. The van der Waals surface area contributed by atoms with Crippen LogP contribution in [0.25, 0.3) is 0 Å². The SMILES string of the molecule is CC[N+](CC)(CC)Cc1ccc(S(=O)(=O)NC(c2ccc(C#N)c(F)c2)P(=O)([O-])O)s1. The Hall–Kier alpha value is -1.64. The van der Waals surface area contributed by atoms with Gasteiger partial charge in [0.2, 0.25) is 0 Å². The minimum Gasteiger partial charge on any atom is -0.777 e. The molecule has 0 saturated heterocycles. The van der Waals surface area contributed by atoms with E-state index in [4.69, 9.17) is 5.26 Å². The average molecular weight is 490 g/mol. The number of nitrogens with one attached hydrogen (secondary N) is 1. The largest absolute Gasteiger partial charge is 0.777 e. The summed E-state index contributed by atoms with van der Waals surface area (Å²) in [7, 11) is -9.62. The summed E-state index contributed by atoms with van der Waals surface area (Å²) in [5, 5.41) is 8.81. The quantitative estimate of drug-likeness (QED) is 0.390. The molecule has 8 nitrogen and oxygen atoms in total. The smallest absolute Gasteiger partial charge is 0.251 e. The first-order valence-corrected chi connectivity index (χ1v) is 13.5. The van der Waals surface area contributed by atoms with Gasteiger partial charge in [0, 0.05) is 0 Å². The van der Waals surface area contributed by atoms with Gasteiger partial charge in [0.05, 0.1) is 30.1 Å². The predicted molar refractivity (Wildman–Crippen MR) is 114 cm³/mol. The Labute approximate surface area is 185 Å². The third-order valence-electron chi connectivity index (χ3n) is 5.43. The summed E-state index contributed by atoms with van der Waals surface area (Å²) in [6, 6.07) is 7.44. The third kappa shape index (κ3) is 5.99. The van der Waals surface area contributed by atoms with Crippen LogP contribution >= 0.6 is 18.9 Å². The molecule has 1 heterocycles. The number of quaternary nitrogens is 1. The number of rotatable bonds is 10. The first-order chi connectivity index (χ1) is 14.4. The second-order valence-electron chi connectivity index (χ2n) is 7.11. The van der Waals surface area contributed by atoms with Crippen LogP contribution < -0.4 is 9.62 Å². The van der Waals surface area contributed by atoms with Gasteiger partial charge in [0.15, 0.2) is 7.60 Å². The Morgan fingerprint density at radius 1 is 1.26 bits per heavy atom. The van der Waals surface area contributed by atoms with Crippen molar-refractivity contribution in [2.24, 2.45) is 0 Å². The van der Waals surface area contributed by atoms with Gasteiger partial charge >= 0.3 is 0 Å². The van der Waals surface area contributed by atoms with Crippen LogP contribution in [0.15, 0.2) is 34.5 Å². The number of thiophene rings is 1. The summed E-state index contributed by atoms with van der Waals surface area (Å²) in [5.74, 6) is -3.12. The van der Waals surface area contributed by atoms with Crippen molar-refractivity contribution in [3.8, 4) is 6.07 Å². The molecule has 31 heavy (non-hydrogen) atoms. The zero-order valence-corrected chi connectivity index (χ0v) is 19.9. The summed E-state index contributed by atoms with van der Waals surface area (Å²) in [6.45, 7) is 9.45. The Bertz CT molecular complexity index is 1110. The van der Waals surface area contributed by atoms with E-state index in [1.54, 1.807) is 12.1 Å². The molecule has 2 aromatic rings. The Kier molecular flexibility index (Phi) is 8.16. The fourth-order valence-electron chi connectivity index (χ4n) is 3.24. The third-order valence-corrected chi connectivity index (χ3v) is 9.67. The molecule has 0 spiro atoms. The van der Waals surface area contributed by atoms with Gasteiger partial charge in [-0.1, -0.05) is 6.07 Å². The minimum atomic E-state index is -5.29. The zero-order chi connectivity index (χ0) is 23.4. The van der Waals surface area contributed by atoms with Gasteiger partial charge in [-0.3, -0.25) is 0 Å². The molecule has 1 aromatic heterocycles. The monoisotopic (exact) mass is 489 g/mol. The molecule has 1 aromatic carbocycles. The number of hydrogen-bond donors (Lipinski definition) is 2. The van der Waals surface area contributed by atoms with Crippen LogP contribution in [-0.2, 0) is 21.1 Å². The van der Waals surface area contributed by atoms with Gasteiger partial charge in [-0.25, -0.2) is 12.8 Å². The van der Waals surface area contributed by atoms with Crippen molar-refractivity contribution in [3.05, 3.63) is 52.2 Å². The maximum Gasteiger partial charge on any atom is 0.251 e. The molecule has 12 heteroatoms. The van der Waals surface area contributed by atoms with Crippen molar-refractivity contribution in [1.82, 2.24) is 4.72 Å². The van der Waals surface area contributed by atoms with Gasteiger partial charge < -0.3 is 18.8 Å². The molecule has 0 radical (unpaired) electrons. The van der Waals surface area contributed by atoms with Crippen molar-refractivity contribution in [1.29, 1.82) is 5.26 Å². The van der Waals surface area contributed by atoms with Crippen molar-refractivity contribution in [2.45, 2.75) is 37.3 Å². The van der Waals surface area contributed by atoms with E-state index < -0.39 is 29.2 Å². The highest BCUT2D eigenvalue weighted by molar-refractivity contribution is 7.91. The first kappa shape index (κ1) is 25.6. The standard InChI is InChI=1S/C19H25FN3O5PS2/c1-4-23(5-2,6-3)13-16-9-10-18(30-16)31(27,28)22-19(29(24,25)26)14-7-8-15(12-21)17(20)11-14/h7-11,19,22H,4-6,13H2,1-3H3,(H-,24,25,26). The number of benzene rings is 1. The lowest BCUT2D eigenvalue weighted by Gasteiger charge is -2.35. The van der Waals surface area contributed by atoms with Crippen molar-refractivity contribution >= 4 is 29.0 Å². The molecule has 2 unspecified atom stereocenters. The van der Waals surface area contributed by atoms with Crippen LogP contribution in [0, 0.1) is 17.1 Å². The Balaban J connectivity index is 2.36. The molecule has 0 aliphatic carbocycles. The van der Waals surface area contributed by atoms with Crippen molar-refractivity contribution < 1.29 is 31.6 Å². The molecule has 0 aliphatic rings. The first-order valence-electron chi connectivity index (χ1n) is 9.60. The lowest BCUT2D eigenvalue weighted by Crippen LogP contribution is -2.46. The highest BCUT2D eigenvalue weighted by atomic mass is 32.2. The van der Waals surface area contributed by atoms with Crippen molar-refractivity contribution in [2.75, 3.05) is 19.6 Å². The molecule has 0 aliphatic heterocycles. The van der Waals surface area contributed by atoms with E-state index in [1.165, 1.54) is 6.07 Å². The lowest BCUT2D eigenvalue weighted by molar-refractivity contribution is -0.935. The zero-order valence-electron chi connectivity index (χ0n) is 17.4. The topological polar surface area (TPSA) is 130 Å². The molecule has 170 valence electrons. The fraction of sp³-hybridized carbons (Fsp3) is 0.421. The van der Waals surface area contributed by atoms with Crippen LogP contribution in [0.4, 0.5) is 4.39 Å². The van der Waals surface area contributed by atoms with E-state index in [0.717, 1.165) is 52.5 Å². The highest BCUT2D eigenvalue weighted by Gasteiger charge is 2.31. The molecule has 2 atom stereocenters. The Morgan fingerprint density at radius 2 is 1.87 bits per heavy atom. The van der Waals surface area contributed by atoms with Crippen LogP contribution in [0.2, 0.25) is 0 Å². The van der Waals surface area contributed by atoms with E-state index in [9.17, 15) is 27.2 Å². The fourth-order valence-corrected chi connectivity index (χ4v) is 7.30. The molecule has 2 rings (SSSR count). The predicted octanol–water partition coefficient (Wildman–Crippen LogP) is 2.66. The maximum absolute atomic E-state index is 13.9. The summed E-state index contributed by atoms with van der Waals surface area (Å²) in [5.41, 5.74) is -0.673. The number of nitriles is 1. The molecule has 0 amide bonds. The number of hydrogen-bond acceptors (Lipinski definition) is 6. The van der Waals surface area contributed by atoms with Gasteiger partial charge in [-0.15, -0.1) is 11.3 Å². The molecule has 0 saturated carbocycles. The van der Waals surface area contributed by atoms with Gasteiger partial charge in [0.25, 0.3) is 10.0 Å². The van der Waals surface area contributed by atoms with Crippen LogP contribution in [-0.4, -0.2) is 37.4 Å². The van der Waals surface area contributed by atoms with Crippen LogP contribution in [0.3, 0.4) is 0 Å². The normalized spacial score (nSPS) is 15.3. The van der Waals surface area contributed by atoms with E-state index in [2.05, 4.69) is 20.8 Å². The molecule has 0 bridgehead atoms. The second-order valence-corrected chi connectivity index (χ2v) is 11.9. The summed E-state index contributed by atoms with van der Waals surface area (Å²) >= 11 is 1.01. The van der Waals surface area contributed by atoms with E-state index in [1.807, 2.05) is 4.72 Å². The second kappa shape index (κ2) is 9.88. The van der Waals surface area contributed by atoms with Crippen LogP contribution in [0.5, 0.6) is 0 Å². The molecular weight excluding hydrogens is 464 g/mol. The minimum absolute atomic E-state index is 0.114. The summed E-state index contributed by atoms with van der Waals surface area (Å²) in [6.07, 6.45) is 0. The van der Waals surface area contributed by atoms with Crippen LogP contribution in [0.1, 0.15) is 42.6 Å². The van der Waals surface area contributed by atoms with E-state index >= 15 is 0 Å².